The summed E-state index contributed by atoms with van der Waals surface area (Å²) in [4.78, 5) is 0. The normalized spacial score (nSPS) is 12.8. The highest BCUT2D eigenvalue weighted by Crippen LogP contribution is 2.31. The van der Waals surface area contributed by atoms with Gasteiger partial charge in [-0.05, 0) is 57.9 Å². The lowest BCUT2D eigenvalue weighted by Gasteiger charge is -2.08. The third-order valence-corrected chi connectivity index (χ3v) is 3.87. The van der Waals surface area contributed by atoms with Crippen LogP contribution in [0.2, 0.25) is 5.02 Å². The van der Waals surface area contributed by atoms with Crippen LogP contribution in [0.5, 0.6) is 0 Å². The van der Waals surface area contributed by atoms with Gasteiger partial charge in [0.05, 0.1) is 4.47 Å². The van der Waals surface area contributed by atoms with Gasteiger partial charge in [-0.25, -0.2) is 4.39 Å². The van der Waals surface area contributed by atoms with Crippen molar-refractivity contribution < 1.29 is 13.9 Å². The molecule has 0 aliphatic heterocycles. The standard InChI is InChI=1S/C15H9BrClFO2/c16-11-6-8(1-3-12(11)18)15(19)14-7-9-5-10(17)2-4-13(9)20-14/h1-7,15,19H. The number of aliphatic hydroxyl groups excluding tert-OH is 1. The Morgan fingerprint density at radius 3 is 2.70 bits per heavy atom. The van der Waals surface area contributed by atoms with E-state index in [1.54, 1.807) is 24.3 Å². The number of aliphatic hydroxyl groups is 1. The van der Waals surface area contributed by atoms with Crippen molar-refractivity contribution in [1.29, 1.82) is 0 Å². The molecule has 1 heterocycles. The van der Waals surface area contributed by atoms with Crippen LogP contribution in [0.25, 0.3) is 11.0 Å². The predicted molar refractivity (Wildman–Crippen MR) is 79.4 cm³/mol. The van der Waals surface area contributed by atoms with E-state index in [1.807, 2.05) is 0 Å². The molecule has 0 radical (unpaired) electrons. The molecule has 0 fully saturated rings. The molecule has 0 bridgehead atoms. The van der Waals surface area contributed by atoms with Crippen molar-refractivity contribution in [3.63, 3.8) is 0 Å². The Hall–Kier alpha value is -1.36. The average Bonchev–Trinajstić information content (AvgIpc) is 2.84. The molecule has 1 N–H and O–H groups in total. The van der Waals surface area contributed by atoms with Crippen LogP contribution in [0, 0.1) is 5.82 Å². The van der Waals surface area contributed by atoms with Crippen LogP contribution in [0.4, 0.5) is 4.39 Å². The van der Waals surface area contributed by atoms with E-state index >= 15 is 0 Å². The SMILES string of the molecule is OC(c1ccc(F)c(Br)c1)c1cc2cc(Cl)ccc2o1. The molecule has 2 nitrogen and oxygen atoms in total. The fourth-order valence-electron chi connectivity index (χ4n) is 2.02. The fourth-order valence-corrected chi connectivity index (χ4v) is 2.59. The number of fused-ring (bicyclic) bond motifs is 1. The van der Waals surface area contributed by atoms with Gasteiger partial charge in [-0.3, -0.25) is 0 Å². The molecule has 3 aromatic rings. The van der Waals surface area contributed by atoms with Gasteiger partial charge in [-0.1, -0.05) is 17.7 Å². The van der Waals surface area contributed by atoms with Crippen molar-refractivity contribution in [3.05, 3.63) is 69.1 Å². The summed E-state index contributed by atoms with van der Waals surface area (Å²) in [5, 5.41) is 11.7. The highest BCUT2D eigenvalue weighted by atomic mass is 79.9. The summed E-state index contributed by atoms with van der Waals surface area (Å²) >= 11 is 9.01. The Bertz CT molecular complexity index is 785. The summed E-state index contributed by atoms with van der Waals surface area (Å²) in [5.74, 6) is 0.0121. The molecule has 5 heteroatoms. The molecular weight excluding hydrogens is 347 g/mol. The lowest BCUT2D eigenvalue weighted by molar-refractivity contribution is 0.192. The van der Waals surface area contributed by atoms with Crippen LogP contribution >= 0.6 is 27.5 Å². The van der Waals surface area contributed by atoms with E-state index in [1.165, 1.54) is 18.2 Å². The molecule has 2 aromatic carbocycles. The molecule has 1 atom stereocenters. The molecule has 1 unspecified atom stereocenters. The van der Waals surface area contributed by atoms with Crippen LogP contribution in [-0.2, 0) is 0 Å². The van der Waals surface area contributed by atoms with E-state index in [9.17, 15) is 9.50 Å². The van der Waals surface area contributed by atoms with Gasteiger partial charge in [-0.15, -0.1) is 0 Å². The first kappa shape index (κ1) is 13.6. The Balaban J connectivity index is 2.02. The maximum Gasteiger partial charge on any atom is 0.138 e. The van der Waals surface area contributed by atoms with Crippen molar-refractivity contribution in [1.82, 2.24) is 0 Å². The molecule has 3 rings (SSSR count). The van der Waals surface area contributed by atoms with E-state index < -0.39 is 6.10 Å². The van der Waals surface area contributed by atoms with Gasteiger partial charge in [0.25, 0.3) is 0 Å². The van der Waals surface area contributed by atoms with Crippen molar-refractivity contribution in [2.45, 2.75) is 6.10 Å². The van der Waals surface area contributed by atoms with Crippen molar-refractivity contribution in [3.8, 4) is 0 Å². The molecule has 0 aliphatic carbocycles. The molecular formula is C15H9BrClFO2. The minimum Gasteiger partial charge on any atom is -0.458 e. The third-order valence-electron chi connectivity index (χ3n) is 3.03. The zero-order valence-electron chi connectivity index (χ0n) is 10.1. The van der Waals surface area contributed by atoms with Crippen LogP contribution in [0.3, 0.4) is 0 Å². The summed E-state index contributed by atoms with van der Waals surface area (Å²) in [5.41, 5.74) is 1.19. The molecule has 102 valence electrons. The summed E-state index contributed by atoms with van der Waals surface area (Å²) in [7, 11) is 0. The van der Waals surface area contributed by atoms with Crippen LogP contribution < -0.4 is 0 Å². The number of benzene rings is 2. The molecule has 0 saturated heterocycles. The minimum absolute atomic E-state index is 0.299. The summed E-state index contributed by atoms with van der Waals surface area (Å²) < 4.78 is 19.1. The monoisotopic (exact) mass is 354 g/mol. The highest BCUT2D eigenvalue weighted by Gasteiger charge is 2.17. The van der Waals surface area contributed by atoms with Crippen molar-refractivity contribution in [2.75, 3.05) is 0 Å². The lowest BCUT2D eigenvalue weighted by atomic mass is 10.1. The average molecular weight is 356 g/mol. The van der Waals surface area contributed by atoms with Crippen LogP contribution in [0.15, 0.2) is 51.4 Å². The first-order chi connectivity index (χ1) is 9.54. The lowest BCUT2D eigenvalue weighted by Crippen LogP contribution is -1.98. The second-order valence-electron chi connectivity index (χ2n) is 4.41. The van der Waals surface area contributed by atoms with E-state index in [0.29, 0.717) is 26.4 Å². The smallest absolute Gasteiger partial charge is 0.138 e. The van der Waals surface area contributed by atoms with Gasteiger partial charge in [0.1, 0.15) is 23.3 Å². The maximum atomic E-state index is 13.2. The van der Waals surface area contributed by atoms with Gasteiger partial charge in [-0.2, -0.15) is 0 Å². The van der Waals surface area contributed by atoms with Crippen molar-refractivity contribution in [2.24, 2.45) is 0 Å². The van der Waals surface area contributed by atoms with Gasteiger partial charge < -0.3 is 9.52 Å². The number of halogens is 3. The second kappa shape index (κ2) is 5.20. The quantitative estimate of drug-likeness (QED) is 0.696. The first-order valence-electron chi connectivity index (χ1n) is 5.86. The number of rotatable bonds is 2. The summed E-state index contributed by atoms with van der Waals surface area (Å²) in [6.07, 6.45) is -0.960. The van der Waals surface area contributed by atoms with Gasteiger partial charge in [0.2, 0.25) is 0 Å². The van der Waals surface area contributed by atoms with Gasteiger partial charge in [0.15, 0.2) is 0 Å². The Morgan fingerprint density at radius 1 is 1.15 bits per heavy atom. The maximum absolute atomic E-state index is 13.2. The number of hydrogen-bond donors (Lipinski definition) is 1. The summed E-state index contributed by atoms with van der Waals surface area (Å²) in [6, 6.07) is 11.3. The molecule has 20 heavy (non-hydrogen) atoms. The Labute approximate surface area is 127 Å². The third kappa shape index (κ3) is 2.46. The van der Waals surface area contributed by atoms with Crippen LogP contribution in [0.1, 0.15) is 17.4 Å². The summed E-state index contributed by atoms with van der Waals surface area (Å²) in [6.45, 7) is 0. The second-order valence-corrected chi connectivity index (χ2v) is 5.70. The molecule has 0 saturated carbocycles. The predicted octanol–water partition coefficient (Wildman–Crippen LogP) is 5.07. The van der Waals surface area contributed by atoms with Gasteiger partial charge >= 0.3 is 0 Å². The van der Waals surface area contributed by atoms with Crippen LogP contribution in [-0.4, -0.2) is 5.11 Å². The Morgan fingerprint density at radius 2 is 1.95 bits per heavy atom. The largest absolute Gasteiger partial charge is 0.458 e. The Kier molecular flexibility index (Phi) is 3.54. The molecule has 0 spiro atoms. The highest BCUT2D eigenvalue weighted by molar-refractivity contribution is 9.10. The molecule has 0 aliphatic rings. The zero-order chi connectivity index (χ0) is 14.3. The zero-order valence-corrected chi connectivity index (χ0v) is 12.5. The number of hydrogen-bond acceptors (Lipinski definition) is 2. The van der Waals surface area contributed by atoms with E-state index in [2.05, 4.69) is 15.9 Å². The van der Waals surface area contributed by atoms with E-state index in [-0.39, 0.29) is 5.82 Å². The number of furan rings is 1. The minimum atomic E-state index is -0.960. The van der Waals surface area contributed by atoms with E-state index in [0.717, 1.165) is 5.39 Å². The van der Waals surface area contributed by atoms with E-state index in [4.69, 9.17) is 16.0 Å². The fraction of sp³-hybridized carbons (Fsp3) is 0.0667. The molecule has 1 aromatic heterocycles. The van der Waals surface area contributed by atoms with Gasteiger partial charge in [0, 0.05) is 10.4 Å². The van der Waals surface area contributed by atoms with Crippen molar-refractivity contribution >= 4 is 38.5 Å². The topological polar surface area (TPSA) is 33.4 Å². The molecule has 0 amide bonds. The first-order valence-corrected chi connectivity index (χ1v) is 7.04.